The van der Waals surface area contributed by atoms with Crippen molar-refractivity contribution in [1.29, 1.82) is 0 Å². The van der Waals surface area contributed by atoms with Crippen LogP contribution in [-0.2, 0) is 4.74 Å². The highest BCUT2D eigenvalue weighted by atomic mass is 16.6. The third-order valence-electron chi connectivity index (χ3n) is 3.49. The molecule has 0 saturated heterocycles. The summed E-state index contributed by atoms with van der Waals surface area (Å²) < 4.78 is 5.14. The van der Waals surface area contributed by atoms with E-state index in [1.165, 1.54) is 6.42 Å². The molecule has 0 radical (unpaired) electrons. The maximum Gasteiger partial charge on any atom is 0.407 e. The van der Waals surface area contributed by atoms with E-state index in [1.54, 1.807) is 0 Å². The van der Waals surface area contributed by atoms with Crippen molar-refractivity contribution in [2.75, 3.05) is 19.6 Å². The third-order valence-corrected chi connectivity index (χ3v) is 3.49. The number of hydrogen-bond donors (Lipinski definition) is 3. The molecular weight excluding hydrogens is 256 g/mol. The lowest BCUT2D eigenvalue weighted by molar-refractivity contribution is -0.0114. The number of ether oxygens (including phenoxy) is 1. The van der Waals surface area contributed by atoms with E-state index < -0.39 is 17.3 Å². The van der Waals surface area contributed by atoms with Crippen LogP contribution in [0, 0.1) is 5.92 Å². The predicted octanol–water partition coefficient (Wildman–Crippen LogP) is 2.04. The van der Waals surface area contributed by atoms with Gasteiger partial charge in [-0.15, -0.1) is 0 Å². The highest BCUT2D eigenvalue weighted by Gasteiger charge is 2.31. The molecular formula is C15H30N2O3. The highest BCUT2D eigenvalue weighted by molar-refractivity contribution is 5.67. The summed E-state index contributed by atoms with van der Waals surface area (Å²) in [5, 5.41) is 16.3. The molecule has 1 fully saturated rings. The molecule has 2 unspecified atom stereocenters. The molecule has 118 valence electrons. The second kappa shape index (κ2) is 7.27. The Labute approximate surface area is 122 Å². The monoisotopic (exact) mass is 286 g/mol. The van der Waals surface area contributed by atoms with Crippen LogP contribution >= 0.6 is 0 Å². The summed E-state index contributed by atoms with van der Waals surface area (Å²) in [5.74, 6) is 0.593. The van der Waals surface area contributed by atoms with Crippen molar-refractivity contribution in [3.8, 4) is 0 Å². The zero-order valence-electron chi connectivity index (χ0n) is 13.3. The van der Waals surface area contributed by atoms with E-state index >= 15 is 0 Å². The summed E-state index contributed by atoms with van der Waals surface area (Å²) in [7, 11) is 0. The minimum Gasteiger partial charge on any atom is -0.444 e. The number of aliphatic hydroxyl groups is 1. The largest absolute Gasteiger partial charge is 0.444 e. The van der Waals surface area contributed by atoms with Gasteiger partial charge < -0.3 is 20.5 Å². The average molecular weight is 286 g/mol. The van der Waals surface area contributed by atoms with Crippen molar-refractivity contribution in [3.63, 3.8) is 0 Å². The number of carbonyl (C=O) groups is 1. The first-order chi connectivity index (χ1) is 9.20. The van der Waals surface area contributed by atoms with Crippen LogP contribution in [0.25, 0.3) is 0 Å². The van der Waals surface area contributed by atoms with Gasteiger partial charge >= 0.3 is 6.09 Å². The zero-order valence-corrected chi connectivity index (χ0v) is 13.3. The van der Waals surface area contributed by atoms with E-state index in [9.17, 15) is 9.90 Å². The molecule has 0 heterocycles. The van der Waals surface area contributed by atoms with Crippen molar-refractivity contribution in [3.05, 3.63) is 0 Å². The van der Waals surface area contributed by atoms with Crippen molar-refractivity contribution in [1.82, 2.24) is 10.6 Å². The van der Waals surface area contributed by atoms with Crippen LogP contribution in [0.5, 0.6) is 0 Å². The van der Waals surface area contributed by atoms with E-state index in [0.717, 1.165) is 19.3 Å². The molecule has 1 saturated carbocycles. The first-order valence-corrected chi connectivity index (χ1v) is 7.60. The third kappa shape index (κ3) is 7.10. The van der Waals surface area contributed by atoms with Crippen molar-refractivity contribution in [2.24, 2.45) is 5.92 Å². The highest BCUT2D eigenvalue weighted by Crippen LogP contribution is 2.31. The molecule has 20 heavy (non-hydrogen) atoms. The van der Waals surface area contributed by atoms with Crippen LogP contribution < -0.4 is 10.6 Å². The molecule has 0 spiro atoms. The maximum absolute atomic E-state index is 11.4. The fourth-order valence-corrected chi connectivity index (χ4v) is 2.68. The molecule has 2 atom stereocenters. The van der Waals surface area contributed by atoms with Gasteiger partial charge in [0, 0.05) is 19.6 Å². The van der Waals surface area contributed by atoms with Gasteiger partial charge in [0.1, 0.15) is 5.60 Å². The Morgan fingerprint density at radius 3 is 2.70 bits per heavy atom. The van der Waals surface area contributed by atoms with E-state index in [0.29, 0.717) is 25.6 Å². The summed E-state index contributed by atoms with van der Waals surface area (Å²) >= 11 is 0. The molecule has 5 heteroatoms. The van der Waals surface area contributed by atoms with Gasteiger partial charge in [-0.1, -0.05) is 19.8 Å². The first kappa shape index (κ1) is 17.2. The van der Waals surface area contributed by atoms with Crippen LogP contribution in [0.3, 0.4) is 0 Å². The Balaban J connectivity index is 2.11. The summed E-state index contributed by atoms with van der Waals surface area (Å²) in [6.45, 7) is 9.43. The number of carbonyl (C=O) groups excluding carboxylic acids is 1. The minimum atomic E-state index is -0.580. The molecule has 1 rings (SSSR count). The molecule has 0 aromatic carbocycles. The smallest absolute Gasteiger partial charge is 0.407 e. The molecule has 1 aliphatic rings. The van der Waals surface area contributed by atoms with Crippen LogP contribution in [0.1, 0.15) is 53.4 Å². The molecule has 1 amide bonds. The lowest BCUT2D eigenvalue weighted by Gasteiger charge is -2.35. The molecule has 0 aliphatic heterocycles. The van der Waals surface area contributed by atoms with Crippen molar-refractivity contribution in [2.45, 2.75) is 64.6 Å². The number of alkyl carbamates (subject to hydrolysis) is 1. The normalized spacial score (nSPS) is 27.1. The van der Waals surface area contributed by atoms with Crippen LogP contribution in [0.4, 0.5) is 4.79 Å². The molecule has 0 aromatic rings. The predicted molar refractivity (Wildman–Crippen MR) is 79.7 cm³/mol. The summed E-state index contributed by atoms with van der Waals surface area (Å²) in [5.41, 5.74) is -1.05. The van der Waals surface area contributed by atoms with E-state index in [1.807, 2.05) is 20.8 Å². The number of nitrogens with one attached hydrogen (secondary N) is 2. The Hall–Kier alpha value is -0.810. The molecule has 0 bridgehead atoms. The number of hydrogen-bond acceptors (Lipinski definition) is 4. The zero-order chi connectivity index (χ0) is 15.2. The van der Waals surface area contributed by atoms with Gasteiger partial charge in [0.2, 0.25) is 0 Å². The minimum absolute atomic E-state index is 0.399. The van der Waals surface area contributed by atoms with Gasteiger partial charge in [-0.2, -0.15) is 0 Å². The van der Waals surface area contributed by atoms with Crippen LogP contribution in [-0.4, -0.2) is 42.0 Å². The fraction of sp³-hybridized carbons (Fsp3) is 0.933. The van der Waals surface area contributed by atoms with E-state index in [-0.39, 0.29) is 0 Å². The van der Waals surface area contributed by atoms with E-state index in [2.05, 4.69) is 17.6 Å². The summed E-state index contributed by atoms with van der Waals surface area (Å²) in [6.07, 6.45) is 3.63. The molecule has 1 aliphatic carbocycles. The number of amides is 1. The quantitative estimate of drug-likeness (QED) is 0.676. The lowest BCUT2D eigenvalue weighted by Crippen LogP contribution is -2.46. The SMILES string of the molecule is CC1CCCC(O)(CNCCNC(=O)OC(C)(C)C)C1. The van der Waals surface area contributed by atoms with Crippen molar-refractivity contribution >= 4 is 6.09 Å². The number of rotatable bonds is 5. The second-order valence-corrected chi connectivity index (χ2v) is 7.03. The van der Waals surface area contributed by atoms with Gasteiger partial charge in [0.25, 0.3) is 0 Å². The maximum atomic E-state index is 11.4. The Morgan fingerprint density at radius 1 is 1.40 bits per heavy atom. The first-order valence-electron chi connectivity index (χ1n) is 7.60. The Bertz CT molecular complexity index is 315. The van der Waals surface area contributed by atoms with Gasteiger partial charge in [-0.25, -0.2) is 4.79 Å². The molecule has 3 N–H and O–H groups in total. The van der Waals surface area contributed by atoms with Crippen molar-refractivity contribution < 1.29 is 14.6 Å². The topological polar surface area (TPSA) is 70.6 Å². The van der Waals surface area contributed by atoms with Gasteiger partial charge in [-0.05, 0) is 39.5 Å². The average Bonchev–Trinajstić information content (AvgIpc) is 2.25. The standard InChI is InChI=1S/C15H30N2O3/c1-12-6-5-7-15(19,10-12)11-16-8-9-17-13(18)20-14(2,3)4/h12,16,19H,5-11H2,1-4H3,(H,17,18). The second-order valence-electron chi connectivity index (χ2n) is 7.03. The van der Waals surface area contributed by atoms with Crippen LogP contribution in [0.2, 0.25) is 0 Å². The molecule has 5 nitrogen and oxygen atoms in total. The van der Waals surface area contributed by atoms with Gasteiger partial charge in [0.05, 0.1) is 5.60 Å². The lowest BCUT2D eigenvalue weighted by atomic mass is 9.79. The summed E-state index contributed by atoms with van der Waals surface area (Å²) in [4.78, 5) is 11.4. The van der Waals surface area contributed by atoms with E-state index in [4.69, 9.17) is 4.74 Å². The van der Waals surface area contributed by atoms with Gasteiger partial charge in [0.15, 0.2) is 0 Å². The van der Waals surface area contributed by atoms with Crippen LogP contribution in [0.15, 0.2) is 0 Å². The Morgan fingerprint density at radius 2 is 2.10 bits per heavy atom. The Kier molecular flexibility index (Phi) is 6.27. The van der Waals surface area contributed by atoms with Gasteiger partial charge in [-0.3, -0.25) is 0 Å². The molecule has 0 aromatic heterocycles. The summed E-state index contributed by atoms with van der Waals surface area (Å²) in [6, 6.07) is 0. The fourth-order valence-electron chi connectivity index (χ4n) is 2.68.